The highest BCUT2D eigenvalue weighted by Crippen LogP contribution is 2.35. The normalized spacial score (nSPS) is 14.1. The van der Waals surface area contributed by atoms with Crippen LogP contribution >= 0.6 is 23.2 Å². The Hall–Kier alpha value is -0.590. The zero-order chi connectivity index (χ0) is 10.9. The predicted molar refractivity (Wildman–Crippen MR) is 43.1 cm³/mol. The second-order valence-corrected chi connectivity index (χ2v) is 3.10. The molecule has 0 radical (unpaired) electrons. The van der Waals surface area contributed by atoms with Crippen molar-refractivity contribution in [2.45, 2.75) is 12.3 Å². The van der Waals surface area contributed by atoms with Gasteiger partial charge in [-0.15, -0.1) is 10.2 Å². The highest BCUT2D eigenvalue weighted by atomic mass is 35.5. The minimum Gasteiger partial charge on any atom is -0.379 e. The fourth-order valence-electron chi connectivity index (χ4n) is 0.734. The van der Waals surface area contributed by atoms with Gasteiger partial charge in [0.05, 0.1) is 0 Å². The van der Waals surface area contributed by atoms with Gasteiger partial charge >= 0.3 is 6.18 Å². The van der Waals surface area contributed by atoms with E-state index in [9.17, 15) is 13.2 Å². The van der Waals surface area contributed by atoms with Gasteiger partial charge in [0.25, 0.3) is 0 Å². The molecule has 0 unspecified atom stereocenters. The van der Waals surface area contributed by atoms with Crippen LogP contribution in [0.3, 0.4) is 0 Å². The maximum Gasteiger partial charge on any atom is 0.418 e. The van der Waals surface area contributed by atoms with Crippen LogP contribution in [0.1, 0.15) is 11.7 Å². The van der Waals surface area contributed by atoms with Gasteiger partial charge in [0.15, 0.2) is 16.4 Å². The summed E-state index contributed by atoms with van der Waals surface area (Å²) in [5.41, 5.74) is -0.612. The summed E-state index contributed by atoms with van der Waals surface area (Å²) in [7, 11) is 0. The van der Waals surface area contributed by atoms with E-state index in [1.165, 1.54) is 0 Å². The number of nitrogens with zero attached hydrogens (tertiary/aromatic N) is 2. The Labute approximate surface area is 86.5 Å². The molecule has 1 rings (SSSR count). The lowest BCUT2D eigenvalue weighted by Crippen LogP contribution is -2.21. The molecule has 0 bridgehead atoms. The number of aliphatic hydroxyl groups excluding tert-OH is 1. The maximum absolute atomic E-state index is 12.0. The Morgan fingerprint density at radius 1 is 1.29 bits per heavy atom. The number of aromatic nitrogens is 2. The van der Waals surface area contributed by atoms with Crippen molar-refractivity contribution < 1.29 is 18.3 Å². The van der Waals surface area contributed by atoms with Crippen LogP contribution in [-0.2, 0) is 0 Å². The topological polar surface area (TPSA) is 46.0 Å². The highest BCUT2D eigenvalue weighted by molar-refractivity contribution is 6.31. The first kappa shape index (κ1) is 11.5. The lowest BCUT2D eigenvalue weighted by Gasteiger charge is -2.14. The largest absolute Gasteiger partial charge is 0.418 e. The number of alkyl halides is 3. The first-order chi connectivity index (χ1) is 6.32. The number of halogens is 5. The molecule has 0 fully saturated rings. The smallest absolute Gasteiger partial charge is 0.379 e. The number of rotatable bonds is 1. The molecule has 1 heterocycles. The van der Waals surface area contributed by atoms with Crippen LogP contribution in [0.2, 0.25) is 10.3 Å². The van der Waals surface area contributed by atoms with Crippen molar-refractivity contribution in [3.8, 4) is 0 Å². The summed E-state index contributed by atoms with van der Waals surface area (Å²) in [5.74, 6) is 0. The van der Waals surface area contributed by atoms with Crippen LogP contribution < -0.4 is 0 Å². The summed E-state index contributed by atoms with van der Waals surface area (Å²) in [6, 6.07) is 0.815. The van der Waals surface area contributed by atoms with Gasteiger partial charge in [-0.1, -0.05) is 23.2 Å². The van der Waals surface area contributed by atoms with E-state index >= 15 is 0 Å². The van der Waals surface area contributed by atoms with E-state index in [2.05, 4.69) is 10.2 Å². The van der Waals surface area contributed by atoms with Crippen molar-refractivity contribution in [1.82, 2.24) is 10.2 Å². The molecule has 1 aromatic rings. The molecule has 14 heavy (non-hydrogen) atoms. The first-order valence-corrected chi connectivity index (χ1v) is 4.01. The average Bonchev–Trinajstić information content (AvgIpc) is 2.06. The van der Waals surface area contributed by atoms with E-state index in [1.54, 1.807) is 0 Å². The maximum atomic E-state index is 12.0. The van der Waals surface area contributed by atoms with E-state index in [0.29, 0.717) is 0 Å². The third kappa shape index (κ3) is 2.46. The number of hydrogen-bond acceptors (Lipinski definition) is 3. The fourth-order valence-corrected chi connectivity index (χ4v) is 1.09. The van der Waals surface area contributed by atoms with Crippen molar-refractivity contribution in [3.05, 3.63) is 21.9 Å². The molecule has 0 saturated heterocycles. The van der Waals surface area contributed by atoms with Gasteiger partial charge in [-0.25, -0.2) is 0 Å². The number of aliphatic hydroxyl groups is 1. The van der Waals surface area contributed by atoms with Gasteiger partial charge in [0.1, 0.15) is 0 Å². The second kappa shape index (κ2) is 3.88. The Morgan fingerprint density at radius 3 is 2.36 bits per heavy atom. The Bertz CT molecular complexity index is 344. The van der Waals surface area contributed by atoms with Crippen LogP contribution in [0.25, 0.3) is 0 Å². The second-order valence-electron chi connectivity index (χ2n) is 2.36. The van der Waals surface area contributed by atoms with Crippen molar-refractivity contribution in [3.63, 3.8) is 0 Å². The molecule has 78 valence electrons. The predicted octanol–water partition coefficient (Wildman–Crippen LogP) is 2.38. The monoisotopic (exact) mass is 246 g/mol. The lowest BCUT2D eigenvalue weighted by atomic mass is 10.2. The zero-order valence-corrected chi connectivity index (χ0v) is 7.90. The molecule has 0 aliphatic carbocycles. The highest BCUT2D eigenvalue weighted by Gasteiger charge is 2.41. The molecule has 0 aliphatic heterocycles. The number of hydrogen-bond donors (Lipinski definition) is 1. The Morgan fingerprint density at radius 2 is 1.86 bits per heavy atom. The van der Waals surface area contributed by atoms with Crippen LogP contribution in [0, 0.1) is 0 Å². The van der Waals surface area contributed by atoms with Gasteiger partial charge in [0, 0.05) is 5.56 Å². The summed E-state index contributed by atoms with van der Waals surface area (Å²) < 4.78 is 36.1. The minimum atomic E-state index is -4.81. The van der Waals surface area contributed by atoms with E-state index in [0.717, 1.165) is 6.07 Å². The van der Waals surface area contributed by atoms with Gasteiger partial charge in [0.2, 0.25) is 0 Å². The molecular weight excluding hydrogens is 244 g/mol. The van der Waals surface area contributed by atoms with E-state index < -0.39 is 23.0 Å². The molecule has 0 aliphatic rings. The summed E-state index contributed by atoms with van der Waals surface area (Å²) in [4.78, 5) is 0. The molecule has 8 heteroatoms. The van der Waals surface area contributed by atoms with E-state index in [1.807, 2.05) is 0 Å². The molecule has 3 nitrogen and oxygen atoms in total. The van der Waals surface area contributed by atoms with Gasteiger partial charge < -0.3 is 5.11 Å². The standard InChI is InChI=1S/C6H3Cl2F3N2O/c7-3-1-2(5(8)13-12-3)4(14)6(9,10)11/h1,4,14H/t4-/m0/s1. The van der Waals surface area contributed by atoms with Crippen LogP contribution in [0.5, 0.6) is 0 Å². The third-order valence-corrected chi connectivity index (χ3v) is 1.83. The molecule has 1 N–H and O–H groups in total. The van der Waals surface area contributed by atoms with E-state index in [-0.39, 0.29) is 5.15 Å². The SMILES string of the molecule is O[C@@H](c1cc(Cl)nnc1Cl)C(F)(F)F. The van der Waals surface area contributed by atoms with Crippen molar-refractivity contribution in [2.24, 2.45) is 0 Å². The molecule has 0 amide bonds. The molecule has 0 spiro atoms. The van der Waals surface area contributed by atoms with Gasteiger partial charge in [-0.3, -0.25) is 0 Å². The van der Waals surface area contributed by atoms with Crippen LogP contribution in [0.4, 0.5) is 13.2 Å². The van der Waals surface area contributed by atoms with Gasteiger partial charge in [-0.2, -0.15) is 13.2 Å². The summed E-state index contributed by atoms with van der Waals surface area (Å²) in [5, 5.41) is 14.4. The third-order valence-electron chi connectivity index (χ3n) is 1.35. The van der Waals surface area contributed by atoms with Gasteiger partial charge in [-0.05, 0) is 6.07 Å². The molecule has 0 saturated carbocycles. The van der Waals surface area contributed by atoms with Crippen LogP contribution in [0.15, 0.2) is 6.07 Å². The van der Waals surface area contributed by atoms with E-state index in [4.69, 9.17) is 28.3 Å². The van der Waals surface area contributed by atoms with Crippen molar-refractivity contribution >= 4 is 23.2 Å². The van der Waals surface area contributed by atoms with Crippen molar-refractivity contribution in [1.29, 1.82) is 0 Å². The minimum absolute atomic E-state index is 0.271. The lowest BCUT2D eigenvalue weighted by molar-refractivity contribution is -0.206. The average molecular weight is 247 g/mol. The molecule has 0 aromatic carbocycles. The summed E-state index contributed by atoms with van der Waals surface area (Å²) >= 11 is 10.6. The summed E-state index contributed by atoms with van der Waals surface area (Å²) in [6.45, 7) is 0. The Kier molecular flexibility index (Phi) is 3.18. The zero-order valence-electron chi connectivity index (χ0n) is 6.39. The molecule has 1 atom stereocenters. The quantitative estimate of drug-likeness (QED) is 0.828. The Balaban J connectivity index is 3.12. The van der Waals surface area contributed by atoms with Crippen molar-refractivity contribution in [2.75, 3.05) is 0 Å². The summed E-state index contributed by atoms with van der Waals surface area (Å²) in [6.07, 6.45) is -7.52. The first-order valence-electron chi connectivity index (χ1n) is 3.26. The molecule has 1 aromatic heterocycles. The fraction of sp³-hybridized carbons (Fsp3) is 0.333. The molecular formula is C6H3Cl2F3N2O. The van der Waals surface area contributed by atoms with Crippen LogP contribution in [-0.4, -0.2) is 21.5 Å².